The molecular weight excluding hydrogens is 265 g/mol. The lowest BCUT2D eigenvalue weighted by atomic mass is 10.1. The lowest BCUT2D eigenvalue weighted by Crippen LogP contribution is -2.49. The summed E-state index contributed by atoms with van der Waals surface area (Å²) in [5.41, 5.74) is -1.71. The Bertz CT molecular complexity index is 482. The summed E-state index contributed by atoms with van der Waals surface area (Å²) in [6.45, 7) is -0.901. The fourth-order valence-corrected chi connectivity index (χ4v) is 1.52. The van der Waals surface area contributed by atoms with Gasteiger partial charge in [-0.2, -0.15) is 0 Å². The monoisotopic (exact) mass is 278 g/mol. The van der Waals surface area contributed by atoms with Gasteiger partial charge in [-0.05, 0) is 12.1 Å². The van der Waals surface area contributed by atoms with E-state index in [4.69, 9.17) is 16.8 Å². The number of carbonyl (C=O) groups is 1. The van der Waals surface area contributed by atoms with Crippen LogP contribution in [-0.4, -0.2) is 23.2 Å². The Balaban J connectivity index is 3.40. The number of anilines is 1. The van der Waals surface area contributed by atoms with Crippen LogP contribution in [0.5, 0.6) is 0 Å². The van der Waals surface area contributed by atoms with E-state index in [1.807, 2.05) is 0 Å². The second kappa shape index (κ2) is 5.87. The van der Waals surface area contributed by atoms with Crippen molar-refractivity contribution in [3.8, 4) is 0 Å². The number of rotatable bonds is 3. The number of carbonyl (C=O) groups excluding carboxylic acids is 1. The summed E-state index contributed by atoms with van der Waals surface area (Å²) >= 11 is 0. The van der Waals surface area contributed by atoms with Crippen LogP contribution in [-0.2, 0) is 6.61 Å². The van der Waals surface area contributed by atoms with E-state index in [2.05, 4.69) is 0 Å². The average Bonchev–Trinajstić information content (AvgIpc) is 2.35. The highest BCUT2D eigenvalue weighted by atomic mass is 19.3. The average molecular weight is 278 g/mol. The van der Waals surface area contributed by atoms with Crippen LogP contribution >= 0.6 is 0 Å². The molecule has 6 nitrogen and oxygen atoms in total. The third-order valence-corrected chi connectivity index (χ3v) is 2.41. The van der Waals surface area contributed by atoms with Crippen LogP contribution in [0, 0.1) is 5.82 Å². The highest BCUT2D eigenvalue weighted by Gasteiger charge is 2.25. The van der Waals surface area contributed by atoms with Crippen LogP contribution < -0.4 is 16.7 Å². The Hall–Kier alpha value is -1.84. The summed E-state index contributed by atoms with van der Waals surface area (Å²) in [6, 6.07) is 0.527. The van der Waals surface area contributed by atoms with E-state index >= 15 is 0 Å². The van der Waals surface area contributed by atoms with Crippen molar-refractivity contribution in [1.29, 1.82) is 0 Å². The molecule has 0 saturated heterocycles. The number of hydrogen-bond acceptors (Lipinski definition) is 4. The number of hydrogen-bond donors (Lipinski definition) is 3. The van der Waals surface area contributed by atoms with Gasteiger partial charge in [0.05, 0.1) is 6.61 Å². The van der Waals surface area contributed by atoms with Gasteiger partial charge in [-0.1, -0.05) is 0 Å². The van der Waals surface area contributed by atoms with E-state index in [0.29, 0.717) is 5.01 Å². The summed E-state index contributed by atoms with van der Waals surface area (Å²) < 4.78 is 39.1. The number of benzene rings is 1. The van der Waals surface area contributed by atoms with Gasteiger partial charge in [0.25, 0.3) is 6.43 Å². The van der Waals surface area contributed by atoms with Crippen molar-refractivity contribution in [2.45, 2.75) is 13.0 Å². The number of hydrazine groups is 2. The molecule has 0 bridgehead atoms. The zero-order chi connectivity index (χ0) is 14.7. The predicted octanol–water partition coefficient (Wildman–Crippen LogP) is 0.861. The van der Waals surface area contributed by atoms with Gasteiger partial charge in [0.2, 0.25) is 0 Å². The number of aliphatic hydroxyl groups excluding tert-OH is 1. The molecule has 0 heterocycles. The molecule has 1 rings (SSSR count). The topological polar surface area (TPSA) is 95.8 Å². The van der Waals surface area contributed by atoms with Gasteiger partial charge in [0.1, 0.15) is 11.5 Å². The minimum absolute atomic E-state index is 0.271. The molecule has 1 aromatic rings. The second-order valence-electron chi connectivity index (χ2n) is 3.69. The molecular formula is C10H13F3N4O2. The molecule has 9 heteroatoms. The van der Waals surface area contributed by atoms with Crippen molar-refractivity contribution < 1.29 is 23.1 Å². The number of nitrogens with two attached hydrogens (primary N) is 2. The minimum Gasteiger partial charge on any atom is -0.392 e. The lowest BCUT2D eigenvalue weighted by Gasteiger charge is -2.24. The highest BCUT2D eigenvalue weighted by Crippen LogP contribution is 2.32. The second-order valence-corrected chi connectivity index (χ2v) is 3.69. The largest absolute Gasteiger partial charge is 0.392 e. The Kier molecular flexibility index (Phi) is 4.70. The van der Waals surface area contributed by atoms with Crippen LogP contribution in [0.2, 0.25) is 0 Å². The molecule has 0 atom stereocenters. The van der Waals surface area contributed by atoms with Gasteiger partial charge in [0.15, 0.2) is 0 Å². The molecule has 0 radical (unpaired) electrons. The Morgan fingerprint density at radius 1 is 1.42 bits per heavy atom. The maximum absolute atomic E-state index is 13.7. The molecule has 0 unspecified atom stereocenters. The third kappa shape index (κ3) is 2.95. The van der Waals surface area contributed by atoms with Gasteiger partial charge in [0, 0.05) is 18.2 Å². The summed E-state index contributed by atoms with van der Waals surface area (Å²) in [5.74, 6) is 9.47. The van der Waals surface area contributed by atoms with E-state index in [1.165, 1.54) is 0 Å². The highest BCUT2D eigenvalue weighted by molar-refractivity contribution is 5.91. The van der Waals surface area contributed by atoms with Gasteiger partial charge < -0.3 is 5.11 Å². The van der Waals surface area contributed by atoms with E-state index in [1.54, 1.807) is 0 Å². The fraction of sp³-hybridized carbons (Fsp3) is 0.300. The Labute approximate surface area is 106 Å². The molecule has 0 fully saturated rings. The standard InChI is InChI=1S/C10H13F3N4O2/c1-16(14)10(19)17(15)8-6(4-18)5(9(12)13)2-3-7(8)11/h2-3,9,18H,4,14-15H2,1H3. The molecule has 1 aromatic carbocycles. The van der Waals surface area contributed by atoms with Crippen LogP contribution in [0.3, 0.4) is 0 Å². The number of urea groups is 1. The summed E-state index contributed by atoms with van der Waals surface area (Å²) in [5, 5.41) is 9.93. The first kappa shape index (κ1) is 15.2. The van der Waals surface area contributed by atoms with E-state index in [-0.39, 0.29) is 5.01 Å². The van der Waals surface area contributed by atoms with Crippen LogP contribution in [0.1, 0.15) is 17.6 Å². The van der Waals surface area contributed by atoms with E-state index < -0.39 is 41.7 Å². The van der Waals surface area contributed by atoms with Gasteiger partial charge in [-0.25, -0.2) is 34.7 Å². The van der Waals surface area contributed by atoms with E-state index in [9.17, 15) is 18.0 Å². The molecule has 0 aliphatic rings. The summed E-state index contributed by atoms with van der Waals surface area (Å²) in [7, 11) is 1.15. The van der Waals surface area contributed by atoms with Gasteiger partial charge >= 0.3 is 6.03 Å². The molecule has 0 saturated carbocycles. The molecule has 2 amide bonds. The molecule has 0 aliphatic heterocycles. The summed E-state index contributed by atoms with van der Waals surface area (Å²) in [6.07, 6.45) is -2.94. The number of halogens is 3. The number of nitrogens with zero attached hydrogens (tertiary/aromatic N) is 2. The van der Waals surface area contributed by atoms with Crippen molar-refractivity contribution in [3.63, 3.8) is 0 Å². The third-order valence-electron chi connectivity index (χ3n) is 2.41. The maximum atomic E-state index is 13.7. The van der Waals surface area contributed by atoms with E-state index in [0.717, 1.165) is 19.2 Å². The molecule has 0 aliphatic carbocycles. The fourth-order valence-electron chi connectivity index (χ4n) is 1.52. The predicted molar refractivity (Wildman–Crippen MR) is 61.3 cm³/mol. The van der Waals surface area contributed by atoms with Crippen molar-refractivity contribution in [1.82, 2.24) is 5.01 Å². The SMILES string of the molecule is CN(N)C(=O)N(N)c1c(F)ccc(C(F)F)c1CO. The molecule has 19 heavy (non-hydrogen) atoms. The smallest absolute Gasteiger partial charge is 0.352 e. The zero-order valence-electron chi connectivity index (χ0n) is 9.98. The maximum Gasteiger partial charge on any atom is 0.352 e. The van der Waals surface area contributed by atoms with Crippen LogP contribution in [0.25, 0.3) is 0 Å². The van der Waals surface area contributed by atoms with Crippen molar-refractivity contribution in [3.05, 3.63) is 29.1 Å². The van der Waals surface area contributed by atoms with Crippen molar-refractivity contribution in [2.75, 3.05) is 12.1 Å². The van der Waals surface area contributed by atoms with Crippen molar-refractivity contribution >= 4 is 11.7 Å². The normalized spacial score (nSPS) is 10.7. The lowest BCUT2D eigenvalue weighted by molar-refractivity contribution is 0.147. The first-order chi connectivity index (χ1) is 8.81. The molecule has 5 N–H and O–H groups in total. The molecule has 106 valence electrons. The van der Waals surface area contributed by atoms with Gasteiger partial charge in [-0.15, -0.1) is 0 Å². The number of alkyl halides is 2. The van der Waals surface area contributed by atoms with Crippen LogP contribution in [0.4, 0.5) is 23.7 Å². The first-order valence-corrected chi connectivity index (χ1v) is 5.08. The van der Waals surface area contributed by atoms with Crippen molar-refractivity contribution in [2.24, 2.45) is 11.7 Å². The zero-order valence-corrected chi connectivity index (χ0v) is 9.98. The summed E-state index contributed by atoms with van der Waals surface area (Å²) in [4.78, 5) is 11.5. The molecule has 0 spiro atoms. The van der Waals surface area contributed by atoms with Gasteiger partial charge in [-0.3, -0.25) is 5.01 Å². The number of amides is 2. The Morgan fingerprint density at radius 2 is 2.00 bits per heavy atom. The van der Waals surface area contributed by atoms with Crippen LogP contribution in [0.15, 0.2) is 12.1 Å². The minimum atomic E-state index is -2.94. The molecule has 0 aromatic heterocycles. The number of aliphatic hydroxyl groups is 1. The quantitative estimate of drug-likeness (QED) is 0.434. The Morgan fingerprint density at radius 3 is 2.42 bits per heavy atom. The first-order valence-electron chi connectivity index (χ1n) is 5.08.